The minimum atomic E-state index is -1.58. The molecule has 6 aliphatic rings. The summed E-state index contributed by atoms with van der Waals surface area (Å²) < 4.78 is 0. The van der Waals surface area contributed by atoms with Crippen molar-refractivity contribution in [3.63, 3.8) is 0 Å². The van der Waals surface area contributed by atoms with Gasteiger partial charge in [-0.2, -0.15) is 0 Å². The Morgan fingerprint density at radius 2 is 1.52 bits per heavy atom. The Morgan fingerprint density at radius 1 is 0.929 bits per heavy atom. The Hall–Kier alpha value is -1.09. The smallest absolute Gasteiger partial charge is 0.190 e. The van der Waals surface area contributed by atoms with Crippen molar-refractivity contribution in [2.45, 2.75) is 153 Å². The maximum Gasteiger partial charge on any atom is 0.190 e. The van der Waals surface area contributed by atoms with E-state index in [1.54, 1.807) is 0 Å². The van der Waals surface area contributed by atoms with E-state index in [4.69, 9.17) is 18.0 Å². The lowest BCUT2D eigenvalue weighted by Crippen LogP contribution is -2.62. The Labute approximate surface area is 258 Å². The van der Waals surface area contributed by atoms with E-state index in [1.807, 2.05) is 6.92 Å². The molecule has 0 aromatic carbocycles. The topological polar surface area (TPSA) is 124 Å². The molecule has 5 N–H and O–H groups in total. The van der Waals surface area contributed by atoms with E-state index in [-0.39, 0.29) is 41.5 Å². The zero-order valence-electron chi connectivity index (χ0n) is 26.1. The SMILES string of the molecule is C[C@]12CC[C@@H](O)C[C@H]1CC[C@@H]1[C@@H]2C(=O)C[C@@]2(C)[C@H]1CC[C@]2(O)C(=O)CO.NC(=S)N(C1CCCCC1)C1CCCCC1. The van der Waals surface area contributed by atoms with Gasteiger partial charge in [-0.3, -0.25) is 9.59 Å². The molecule has 0 amide bonds. The maximum atomic E-state index is 13.4. The van der Waals surface area contributed by atoms with Crippen LogP contribution in [0.15, 0.2) is 0 Å². The van der Waals surface area contributed by atoms with Gasteiger partial charge in [0.1, 0.15) is 18.0 Å². The highest BCUT2D eigenvalue weighted by atomic mass is 32.1. The van der Waals surface area contributed by atoms with Gasteiger partial charge in [-0.05, 0) is 106 Å². The molecule has 0 radical (unpaired) electrons. The first-order chi connectivity index (χ1) is 20.0. The molecule has 0 unspecified atom stereocenters. The van der Waals surface area contributed by atoms with E-state index < -0.39 is 23.4 Å². The zero-order chi connectivity index (χ0) is 30.3. The Kier molecular flexibility index (Phi) is 9.79. The molecule has 8 atom stereocenters. The molecule has 0 aliphatic heterocycles. The van der Waals surface area contributed by atoms with Crippen molar-refractivity contribution in [3.8, 4) is 0 Å². The summed E-state index contributed by atoms with van der Waals surface area (Å²) in [5, 5.41) is 31.3. The number of nitrogens with zero attached hydrogens (tertiary/aromatic N) is 1. The number of hydrogen-bond acceptors (Lipinski definition) is 6. The van der Waals surface area contributed by atoms with Gasteiger partial charge in [0.25, 0.3) is 0 Å². The third-order valence-corrected chi connectivity index (χ3v) is 13.5. The number of fused-ring (bicyclic) bond motifs is 5. The third-order valence-electron chi connectivity index (χ3n) is 13.3. The van der Waals surface area contributed by atoms with Crippen LogP contribution in [-0.4, -0.2) is 67.3 Å². The summed E-state index contributed by atoms with van der Waals surface area (Å²) in [6, 6.07) is 1.30. The number of Topliss-reactive ketones (excluding diaryl/α,β-unsaturated/α-hetero) is 2. The molecule has 6 saturated carbocycles. The molecule has 0 spiro atoms. The highest BCUT2D eigenvalue weighted by Gasteiger charge is 2.68. The minimum Gasteiger partial charge on any atom is -0.393 e. The molecule has 0 heterocycles. The summed E-state index contributed by atoms with van der Waals surface area (Å²) in [6.07, 6.45) is 18.9. The molecule has 8 heteroatoms. The van der Waals surface area contributed by atoms with Gasteiger partial charge in [-0.15, -0.1) is 0 Å². The summed E-state index contributed by atoms with van der Waals surface area (Å²) in [5.41, 5.74) is 3.55. The van der Waals surface area contributed by atoms with E-state index in [9.17, 15) is 24.9 Å². The monoisotopic (exact) mass is 604 g/mol. The number of carbonyl (C=O) groups is 2. The zero-order valence-corrected chi connectivity index (χ0v) is 26.9. The number of nitrogens with two attached hydrogens (primary N) is 1. The van der Waals surface area contributed by atoms with E-state index in [0.29, 0.717) is 29.5 Å². The summed E-state index contributed by atoms with van der Waals surface area (Å²) in [4.78, 5) is 28.1. The average Bonchev–Trinajstić information content (AvgIpc) is 3.25. The highest BCUT2D eigenvalue weighted by molar-refractivity contribution is 7.80. The molecule has 42 heavy (non-hydrogen) atoms. The van der Waals surface area contributed by atoms with Crippen molar-refractivity contribution >= 4 is 28.9 Å². The molecule has 0 aromatic heterocycles. The Balaban J connectivity index is 0.000000189. The average molecular weight is 605 g/mol. The fourth-order valence-electron chi connectivity index (χ4n) is 11.0. The van der Waals surface area contributed by atoms with E-state index in [2.05, 4.69) is 11.8 Å². The quantitative estimate of drug-likeness (QED) is 0.329. The van der Waals surface area contributed by atoms with E-state index >= 15 is 0 Å². The predicted octanol–water partition coefficient (Wildman–Crippen LogP) is 5.06. The van der Waals surface area contributed by atoms with Crippen LogP contribution in [0.1, 0.15) is 129 Å². The first kappa shape index (κ1) is 32.3. The van der Waals surface area contributed by atoms with Gasteiger partial charge in [-0.25, -0.2) is 0 Å². The van der Waals surface area contributed by atoms with Crippen LogP contribution in [0.3, 0.4) is 0 Å². The third kappa shape index (κ3) is 5.60. The van der Waals surface area contributed by atoms with Crippen LogP contribution >= 0.6 is 12.2 Å². The number of hydrogen-bond donors (Lipinski definition) is 4. The van der Waals surface area contributed by atoms with Gasteiger partial charge < -0.3 is 26.0 Å². The van der Waals surface area contributed by atoms with Crippen molar-refractivity contribution in [2.75, 3.05) is 6.61 Å². The predicted molar refractivity (Wildman–Crippen MR) is 168 cm³/mol. The van der Waals surface area contributed by atoms with E-state index in [1.165, 1.54) is 64.2 Å². The van der Waals surface area contributed by atoms with Crippen LogP contribution in [0.25, 0.3) is 0 Å². The number of carbonyl (C=O) groups excluding carboxylic acids is 2. The van der Waals surface area contributed by atoms with Crippen LogP contribution in [0.4, 0.5) is 0 Å². The number of aliphatic hydroxyl groups is 3. The molecular formula is C34H56N2O5S. The fourth-order valence-corrected chi connectivity index (χ4v) is 11.3. The van der Waals surface area contributed by atoms with E-state index in [0.717, 1.165) is 38.5 Å². The molecule has 0 aromatic rings. The van der Waals surface area contributed by atoms with Crippen molar-refractivity contribution in [2.24, 2.45) is 40.2 Å². The summed E-state index contributed by atoms with van der Waals surface area (Å²) >= 11 is 5.28. The molecule has 6 rings (SSSR count). The lowest BCUT2D eigenvalue weighted by atomic mass is 9.44. The standard InChI is InChI=1S/C21H32O5.C13H24N2S/c1-19-7-5-13(23)9-12(19)3-4-14-15-6-8-21(26,17(25)11-22)20(15,2)10-16(24)18(14)19;14-13(16)15(11-7-3-1-4-8-11)12-9-5-2-6-10-12/h12-15,18,22-23,26H,3-11H2,1-2H3;11-12H,1-10H2,(H2,14,16)/t12-,13-,14+,15+,18-,19+,20+,21+;/m1./s1. The van der Waals surface area contributed by atoms with Gasteiger partial charge in [-0.1, -0.05) is 52.4 Å². The van der Waals surface area contributed by atoms with Gasteiger partial charge in [0.05, 0.1) is 6.10 Å². The van der Waals surface area contributed by atoms with Crippen molar-refractivity contribution < 1.29 is 24.9 Å². The second-order valence-corrected chi connectivity index (χ2v) is 15.7. The fraction of sp³-hybridized carbons (Fsp3) is 0.912. The minimum absolute atomic E-state index is 0.0154. The number of ketones is 2. The molecule has 0 bridgehead atoms. The largest absolute Gasteiger partial charge is 0.393 e. The summed E-state index contributed by atoms with van der Waals surface area (Å²) in [6.45, 7) is 3.46. The second kappa shape index (κ2) is 12.7. The van der Waals surface area contributed by atoms with Gasteiger partial charge in [0, 0.05) is 29.8 Å². The Morgan fingerprint density at radius 3 is 2.07 bits per heavy atom. The molecule has 238 valence electrons. The lowest BCUT2D eigenvalue weighted by molar-refractivity contribution is -0.180. The molecule has 0 saturated heterocycles. The molecule has 6 fully saturated rings. The number of thiocarbonyl (C=S) groups is 1. The number of aliphatic hydroxyl groups excluding tert-OH is 2. The van der Waals surface area contributed by atoms with Crippen LogP contribution in [0.5, 0.6) is 0 Å². The van der Waals surface area contributed by atoms with Gasteiger partial charge >= 0.3 is 0 Å². The Bertz CT molecular complexity index is 994. The van der Waals surface area contributed by atoms with Crippen molar-refractivity contribution in [1.29, 1.82) is 0 Å². The molecule has 6 aliphatic carbocycles. The second-order valence-electron chi connectivity index (χ2n) is 15.3. The summed E-state index contributed by atoms with van der Waals surface area (Å²) in [5.74, 6) is 0.380. The van der Waals surface area contributed by atoms with Gasteiger partial charge in [0.2, 0.25) is 0 Å². The van der Waals surface area contributed by atoms with Crippen molar-refractivity contribution in [3.05, 3.63) is 0 Å². The normalized spacial score (nSPS) is 42.4. The van der Waals surface area contributed by atoms with Crippen LogP contribution < -0.4 is 5.73 Å². The molecular weight excluding hydrogens is 548 g/mol. The maximum absolute atomic E-state index is 13.4. The first-order valence-electron chi connectivity index (χ1n) is 17.1. The van der Waals surface area contributed by atoms with Crippen LogP contribution in [0.2, 0.25) is 0 Å². The van der Waals surface area contributed by atoms with Crippen LogP contribution in [0, 0.1) is 34.5 Å². The van der Waals surface area contributed by atoms with Crippen LogP contribution in [-0.2, 0) is 9.59 Å². The number of rotatable bonds is 4. The molecule has 7 nitrogen and oxygen atoms in total. The van der Waals surface area contributed by atoms with Gasteiger partial charge in [0.15, 0.2) is 10.9 Å². The van der Waals surface area contributed by atoms with Crippen molar-refractivity contribution in [1.82, 2.24) is 4.90 Å². The first-order valence-corrected chi connectivity index (χ1v) is 17.5. The summed E-state index contributed by atoms with van der Waals surface area (Å²) in [7, 11) is 0. The highest BCUT2D eigenvalue weighted by Crippen LogP contribution is 2.67. The lowest BCUT2D eigenvalue weighted by Gasteiger charge is -2.60.